The molecular weight excluding hydrogens is 416 g/mol. The van der Waals surface area contributed by atoms with E-state index in [1.54, 1.807) is 6.08 Å². The van der Waals surface area contributed by atoms with Crippen LogP contribution in [-0.4, -0.2) is 62.9 Å². The van der Waals surface area contributed by atoms with E-state index in [2.05, 4.69) is 36.6 Å². The molecule has 0 atom stereocenters. The normalized spacial score (nSPS) is 19.3. The Kier molecular flexibility index (Phi) is 5.92. The van der Waals surface area contributed by atoms with Gasteiger partial charge in [0, 0.05) is 50.3 Å². The van der Waals surface area contributed by atoms with E-state index in [1.165, 1.54) is 25.8 Å². The van der Waals surface area contributed by atoms with E-state index >= 15 is 0 Å². The lowest BCUT2D eigenvalue weighted by atomic mass is 9.95. The topological polar surface area (TPSA) is 117 Å². The second-order valence-electron chi connectivity index (χ2n) is 8.88. The lowest BCUT2D eigenvalue weighted by Gasteiger charge is -2.34. The highest BCUT2D eigenvalue weighted by molar-refractivity contribution is 6.01. The maximum absolute atomic E-state index is 11.9. The largest absolute Gasteiger partial charge is 0.382 e. The molecule has 3 aliphatic rings. The number of rotatable bonds is 6. The zero-order valence-corrected chi connectivity index (χ0v) is 18.7. The number of carbonyl (C=O) groups excluding carboxylic acids is 1. The van der Waals surface area contributed by atoms with Crippen LogP contribution in [0.3, 0.4) is 0 Å². The van der Waals surface area contributed by atoms with Gasteiger partial charge in [-0.25, -0.2) is 15.0 Å². The van der Waals surface area contributed by atoms with E-state index in [0.29, 0.717) is 23.7 Å². The zero-order chi connectivity index (χ0) is 22.8. The molecule has 2 saturated heterocycles. The minimum atomic E-state index is 0.120. The van der Waals surface area contributed by atoms with E-state index in [0.717, 1.165) is 56.1 Å². The van der Waals surface area contributed by atoms with Crippen LogP contribution < -0.4 is 10.6 Å². The molecule has 2 fully saturated rings. The number of anilines is 2. The number of ketones is 1. The van der Waals surface area contributed by atoms with Gasteiger partial charge in [-0.15, -0.1) is 0 Å². The number of piperidine rings is 1. The Bertz CT molecular complexity index is 1150. The van der Waals surface area contributed by atoms with Crippen molar-refractivity contribution in [3.8, 4) is 6.07 Å². The van der Waals surface area contributed by atoms with Crippen molar-refractivity contribution in [1.82, 2.24) is 24.4 Å². The lowest BCUT2D eigenvalue weighted by Crippen LogP contribution is -2.39. The summed E-state index contributed by atoms with van der Waals surface area (Å²) < 4.78 is 2.28. The number of nitrogen functional groups attached to an aromatic ring is 1. The predicted octanol–water partition coefficient (Wildman–Crippen LogP) is 2.13. The smallest absolute Gasteiger partial charge is 0.160 e. The second kappa shape index (κ2) is 9.16. The summed E-state index contributed by atoms with van der Waals surface area (Å²) in [5.74, 6) is 2.34. The molecule has 0 bridgehead atoms. The first-order valence-corrected chi connectivity index (χ1v) is 11.6. The molecule has 9 heteroatoms. The van der Waals surface area contributed by atoms with Crippen molar-refractivity contribution in [3.05, 3.63) is 47.8 Å². The molecule has 5 rings (SSSR count). The Balaban J connectivity index is 1.36. The van der Waals surface area contributed by atoms with E-state index in [-0.39, 0.29) is 11.6 Å². The monoisotopic (exact) mass is 444 g/mol. The Labute approximate surface area is 193 Å². The van der Waals surface area contributed by atoms with Gasteiger partial charge in [0.2, 0.25) is 0 Å². The average Bonchev–Trinajstić information content (AvgIpc) is 3.22. The number of aromatic nitrogens is 4. The quantitative estimate of drug-likeness (QED) is 0.720. The lowest BCUT2D eigenvalue weighted by molar-refractivity contribution is -0.113. The predicted molar refractivity (Wildman–Crippen MR) is 125 cm³/mol. The van der Waals surface area contributed by atoms with Crippen molar-refractivity contribution in [2.75, 3.05) is 43.4 Å². The summed E-state index contributed by atoms with van der Waals surface area (Å²) in [6, 6.07) is 2.14. The minimum Gasteiger partial charge on any atom is -0.382 e. The molecule has 4 heterocycles. The number of nitriles is 1. The highest BCUT2D eigenvalue weighted by Crippen LogP contribution is 2.32. The number of allylic oxidation sites excluding steroid dienone is 4. The summed E-state index contributed by atoms with van der Waals surface area (Å²) >= 11 is 0. The number of nitrogens with two attached hydrogens (primary N) is 1. The fraction of sp³-hybridized carbons (Fsp3) is 0.458. The van der Waals surface area contributed by atoms with Gasteiger partial charge in [-0.3, -0.25) is 4.79 Å². The number of imidazole rings is 1. The van der Waals surface area contributed by atoms with Crippen molar-refractivity contribution < 1.29 is 4.79 Å². The minimum absolute atomic E-state index is 0.120. The SMILES string of the molecule is N#Cc1c(N)ncnc1N1CCC(c2nc(C3=CC(=O)CC=C3)cn2CCN2CCC2)CC1. The molecule has 2 N–H and O–H groups in total. The molecule has 0 radical (unpaired) electrons. The Morgan fingerprint density at radius 1 is 1.15 bits per heavy atom. The van der Waals surface area contributed by atoms with E-state index < -0.39 is 0 Å². The standard InChI is InChI=1S/C24H28N8O/c25-14-20-22(26)27-16-28-24(20)31-9-5-17(6-10-31)23-29-21(18-3-1-4-19(33)13-18)15-32(23)12-11-30-7-2-8-30/h1,3,13,15-17H,2,4-12H2,(H2,26,27,28). The molecule has 2 aromatic heterocycles. The number of nitrogens with zero attached hydrogens (tertiary/aromatic N) is 7. The van der Waals surface area contributed by atoms with Crippen LogP contribution >= 0.6 is 0 Å². The number of hydrogen-bond donors (Lipinski definition) is 1. The molecule has 0 aromatic carbocycles. The van der Waals surface area contributed by atoms with Crippen molar-refractivity contribution in [3.63, 3.8) is 0 Å². The van der Waals surface area contributed by atoms with Crippen LogP contribution in [0.2, 0.25) is 0 Å². The molecule has 0 unspecified atom stereocenters. The summed E-state index contributed by atoms with van der Waals surface area (Å²) in [6.07, 6.45) is 12.7. The van der Waals surface area contributed by atoms with Gasteiger partial charge < -0.3 is 20.1 Å². The third-order valence-corrected chi connectivity index (χ3v) is 6.77. The van der Waals surface area contributed by atoms with E-state index in [4.69, 9.17) is 10.7 Å². The first kappa shape index (κ1) is 21.3. The third-order valence-electron chi connectivity index (χ3n) is 6.77. The molecule has 1 aliphatic carbocycles. The third kappa shape index (κ3) is 4.39. The van der Waals surface area contributed by atoms with E-state index in [1.807, 2.05) is 12.2 Å². The fourth-order valence-electron chi connectivity index (χ4n) is 4.76. The summed E-state index contributed by atoms with van der Waals surface area (Å²) in [5, 5.41) is 9.48. The molecule has 2 aromatic rings. The summed E-state index contributed by atoms with van der Waals surface area (Å²) in [7, 11) is 0. The zero-order valence-electron chi connectivity index (χ0n) is 18.7. The number of hydrogen-bond acceptors (Lipinski definition) is 8. The van der Waals surface area contributed by atoms with Crippen LogP contribution in [0.4, 0.5) is 11.6 Å². The van der Waals surface area contributed by atoms with Gasteiger partial charge in [-0.05, 0) is 38.4 Å². The van der Waals surface area contributed by atoms with Crippen LogP contribution in [0, 0.1) is 11.3 Å². The van der Waals surface area contributed by atoms with Crippen LogP contribution in [0.1, 0.15) is 48.7 Å². The highest BCUT2D eigenvalue weighted by Gasteiger charge is 2.28. The van der Waals surface area contributed by atoms with Gasteiger partial charge in [0.1, 0.15) is 29.6 Å². The summed E-state index contributed by atoms with van der Waals surface area (Å²) in [4.78, 5) is 29.8. The second-order valence-corrected chi connectivity index (χ2v) is 8.88. The molecule has 33 heavy (non-hydrogen) atoms. The average molecular weight is 445 g/mol. The van der Waals surface area contributed by atoms with Crippen molar-refractivity contribution in [1.29, 1.82) is 5.26 Å². The van der Waals surface area contributed by atoms with E-state index in [9.17, 15) is 10.1 Å². The molecule has 0 saturated carbocycles. The molecule has 0 amide bonds. The van der Waals surface area contributed by atoms with Crippen LogP contribution in [0.15, 0.2) is 30.8 Å². The number of likely N-dealkylation sites (tertiary alicyclic amines) is 1. The van der Waals surface area contributed by atoms with Gasteiger partial charge in [0.15, 0.2) is 11.6 Å². The Morgan fingerprint density at radius 3 is 2.67 bits per heavy atom. The molecule has 170 valence electrons. The van der Waals surface area contributed by atoms with Gasteiger partial charge >= 0.3 is 0 Å². The van der Waals surface area contributed by atoms with Gasteiger partial charge in [-0.1, -0.05) is 12.2 Å². The van der Waals surface area contributed by atoms with Gasteiger partial charge in [-0.2, -0.15) is 5.26 Å². The highest BCUT2D eigenvalue weighted by atomic mass is 16.1. The van der Waals surface area contributed by atoms with Crippen molar-refractivity contribution in [2.45, 2.75) is 38.1 Å². The maximum Gasteiger partial charge on any atom is 0.160 e. The van der Waals surface area contributed by atoms with Gasteiger partial charge in [0.05, 0.1) is 5.69 Å². The fourth-order valence-corrected chi connectivity index (χ4v) is 4.76. The van der Waals surface area contributed by atoms with Gasteiger partial charge in [0.25, 0.3) is 0 Å². The Hall–Kier alpha value is -3.51. The van der Waals surface area contributed by atoms with Crippen LogP contribution in [-0.2, 0) is 11.3 Å². The first-order valence-electron chi connectivity index (χ1n) is 11.6. The first-order chi connectivity index (χ1) is 16.1. The number of carbonyl (C=O) groups is 1. The molecule has 0 spiro atoms. The van der Waals surface area contributed by atoms with Crippen LogP contribution in [0.25, 0.3) is 5.57 Å². The maximum atomic E-state index is 11.9. The molecule has 2 aliphatic heterocycles. The molecule has 9 nitrogen and oxygen atoms in total. The van der Waals surface area contributed by atoms with Crippen molar-refractivity contribution in [2.24, 2.45) is 0 Å². The Morgan fingerprint density at radius 2 is 1.97 bits per heavy atom. The molecular formula is C24H28N8O. The van der Waals surface area contributed by atoms with Crippen LogP contribution in [0.5, 0.6) is 0 Å². The summed E-state index contributed by atoms with van der Waals surface area (Å²) in [6.45, 7) is 5.79. The van der Waals surface area contributed by atoms with Crippen molar-refractivity contribution >= 4 is 23.0 Å². The summed E-state index contributed by atoms with van der Waals surface area (Å²) in [5.41, 5.74) is 7.99.